The van der Waals surface area contributed by atoms with E-state index in [1.165, 1.54) is 12.1 Å². The Balaban J connectivity index is 2.32. The molecule has 2 rings (SSSR count). The molecule has 1 aromatic carbocycles. The van der Waals surface area contributed by atoms with Gasteiger partial charge in [0.25, 0.3) is 0 Å². The van der Waals surface area contributed by atoms with Crippen molar-refractivity contribution in [2.45, 2.75) is 24.5 Å². The highest BCUT2D eigenvalue weighted by molar-refractivity contribution is 8.14. The molecule has 0 bridgehead atoms. The molecule has 0 fully saturated rings. The number of hydrogen-bond donors (Lipinski definition) is 0. The summed E-state index contributed by atoms with van der Waals surface area (Å²) in [5, 5.41) is -0.530. The molecular formula is C10H10ClFO2S. The van der Waals surface area contributed by atoms with Crippen molar-refractivity contribution in [2.24, 2.45) is 0 Å². The molecule has 15 heavy (non-hydrogen) atoms. The van der Waals surface area contributed by atoms with Gasteiger partial charge in [-0.15, -0.1) is 0 Å². The van der Waals surface area contributed by atoms with Gasteiger partial charge in [0.05, 0.1) is 5.25 Å². The Kier molecular flexibility index (Phi) is 2.73. The lowest BCUT2D eigenvalue weighted by Gasteiger charge is -2.21. The Hall–Kier alpha value is -0.610. The third kappa shape index (κ3) is 2.32. The van der Waals surface area contributed by atoms with Crippen LogP contribution < -0.4 is 0 Å². The summed E-state index contributed by atoms with van der Waals surface area (Å²) in [5.74, 6) is -0.277. The van der Waals surface area contributed by atoms with Crippen LogP contribution in [-0.2, 0) is 21.9 Å². The summed E-state index contributed by atoms with van der Waals surface area (Å²) < 4.78 is 35.2. The van der Waals surface area contributed by atoms with E-state index in [1.54, 1.807) is 6.07 Å². The number of fused-ring (bicyclic) bond motifs is 1. The van der Waals surface area contributed by atoms with E-state index in [4.69, 9.17) is 10.7 Å². The van der Waals surface area contributed by atoms with Crippen molar-refractivity contribution in [2.75, 3.05) is 0 Å². The van der Waals surface area contributed by atoms with Crippen LogP contribution in [0.25, 0.3) is 0 Å². The number of halogens is 2. The average Bonchev–Trinajstić information content (AvgIpc) is 2.15. The van der Waals surface area contributed by atoms with Crippen molar-refractivity contribution in [3.63, 3.8) is 0 Å². The van der Waals surface area contributed by atoms with Crippen LogP contribution in [0.5, 0.6) is 0 Å². The van der Waals surface area contributed by atoms with Crippen LogP contribution in [0, 0.1) is 5.82 Å². The molecule has 0 saturated carbocycles. The molecular weight excluding hydrogens is 239 g/mol. The summed E-state index contributed by atoms with van der Waals surface area (Å²) >= 11 is 0. The van der Waals surface area contributed by atoms with Gasteiger partial charge in [0.1, 0.15) is 5.82 Å². The molecule has 0 N–H and O–H groups in total. The Labute approximate surface area is 92.5 Å². The third-order valence-electron chi connectivity index (χ3n) is 2.75. The Morgan fingerprint density at radius 2 is 2.07 bits per heavy atom. The minimum Gasteiger partial charge on any atom is -0.212 e. The van der Waals surface area contributed by atoms with Gasteiger partial charge in [0.2, 0.25) is 9.05 Å². The first-order valence-corrected chi connectivity index (χ1v) is 7.05. The molecule has 0 aliphatic heterocycles. The molecule has 0 radical (unpaired) electrons. The second-order valence-electron chi connectivity index (χ2n) is 3.75. The highest BCUT2D eigenvalue weighted by Gasteiger charge is 2.28. The van der Waals surface area contributed by atoms with Crippen LogP contribution >= 0.6 is 10.7 Å². The van der Waals surface area contributed by atoms with Crippen molar-refractivity contribution in [3.8, 4) is 0 Å². The van der Waals surface area contributed by atoms with E-state index >= 15 is 0 Å². The molecule has 0 aromatic heterocycles. The second-order valence-corrected chi connectivity index (χ2v) is 6.66. The van der Waals surface area contributed by atoms with E-state index in [9.17, 15) is 12.8 Å². The zero-order valence-electron chi connectivity index (χ0n) is 7.91. The molecule has 82 valence electrons. The largest absolute Gasteiger partial charge is 0.235 e. The minimum absolute atomic E-state index is 0.277. The fourth-order valence-corrected chi connectivity index (χ4v) is 3.16. The summed E-state index contributed by atoms with van der Waals surface area (Å²) in [4.78, 5) is 0. The van der Waals surface area contributed by atoms with E-state index in [2.05, 4.69) is 0 Å². The first kappa shape index (κ1) is 10.9. The maximum Gasteiger partial charge on any atom is 0.235 e. The molecule has 1 unspecified atom stereocenters. The van der Waals surface area contributed by atoms with Crippen molar-refractivity contribution >= 4 is 19.7 Å². The lowest BCUT2D eigenvalue weighted by Crippen LogP contribution is -2.25. The number of hydrogen-bond acceptors (Lipinski definition) is 2. The van der Waals surface area contributed by atoms with Crippen molar-refractivity contribution in [1.29, 1.82) is 0 Å². The van der Waals surface area contributed by atoms with Crippen molar-refractivity contribution in [1.82, 2.24) is 0 Å². The van der Waals surface area contributed by atoms with E-state index in [0.29, 0.717) is 19.3 Å². The Bertz CT molecular complexity index is 484. The highest BCUT2D eigenvalue weighted by atomic mass is 35.7. The van der Waals surface area contributed by atoms with Crippen molar-refractivity contribution < 1.29 is 12.8 Å². The van der Waals surface area contributed by atoms with Crippen LogP contribution in [0.15, 0.2) is 18.2 Å². The predicted octanol–water partition coefficient (Wildman–Crippen LogP) is 2.25. The highest BCUT2D eigenvalue weighted by Crippen LogP contribution is 2.27. The Morgan fingerprint density at radius 1 is 1.33 bits per heavy atom. The summed E-state index contributed by atoms with van der Waals surface area (Å²) in [7, 11) is 1.81. The molecule has 0 amide bonds. The Morgan fingerprint density at radius 3 is 2.73 bits per heavy atom. The van der Waals surface area contributed by atoms with Gasteiger partial charge >= 0.3 is 0 Å². The first-order chi connectivity index (χ1) is 6.97. The van der Waals surface area contributed by atoms with E-state index in [0.717, 1.165) is 11.1 Å². The summed E-state index contributed by atoms with van der Waals surface area (Å²) in [5.41, 5.74) is 1.78. The lowest BCUT2D eigenvalue weighted by atomic mass is 9.91. The topological polar surface area (TPSA) is 34.1 Å². The van der Waals surface area contributed by atoms with Crippen LogP contribution in [0.3, 0.4) is 0 Å². The monoisotopic (exact) mass is 248 g/mol. The smallest absolute Gasteiger partial charge is 0.212 e. The molecule has 1 aliphatic rings. The maximum atomic E-state index is 12.9. The molecule has 1 aliphatic carbocycles. The molecule has 0 spiro atoms. The quantitative estimate of drug-likeness (QED) is 0.715. The molecule has 1 aromatic rings. The third-order valence-corrected chi connectivity index (χ3v) is 4.70. The zero-order valence-corrected chi connectivity index (χ0v) is 9.48. The standard InChI is InChI=1S/C10H10ClFO2S/c11-15(13,14)10-4-2-7-5-9(12)3-1-8(7)6-10/h1,3,5,10H,2,4,6H2. The van der Waals surface area contributed by atoms with Crippen LogP contribution in [-0.4, -0.2) is 13.7 Å². The van der Waals surface area contributed by atoms with Crippen LogP contribution in [0.2, 0.25) is 0 Å². The van der Waals surface area contributed by atoms with Gasteiger partial charge in [0.15, 0.2) is 0 Å². The van der Waals surface area contributed by atoms with E-state index in [-0.39, 0.29) is 5.82 Å². The summed E-state index contributed by atoms with van der Waals surface area (Å²) in [6, 6.07) is 4.45. The van der Waals surface area contributed by atoms with Crippen molar-refractivity contribution in [3.05, 3.63) is 35.1 Å². The van der Waals surface area contributed by atoms with Crippen LogP contribution in [0.1, 0.15) is 17.5 Å². The van der Waals surface area contributed by atoms with Gasteiger partial charge in [-0.25, -0.2) is 12.8 Å². The molecule has 1 atom stereocenters. The summed E-state index contributed by atoms with van der Waals surface area (Å²) in [6.45, 7) is 0. The minimum atomic E-state index is -3.50. The van der Waals surface area contributed by atoms with Gasteiger partial charge in [-0.3, -0.25) is 0 Å². The van der Waals surface area contributed by atoms with E-state index < -0.39 is 14.3 Å². The van der Waals surface area contributed by atoms with Gasteiger partial charge in [-0.2, -0.15) is 0 Å². The average molecular weight is 249 g/mol. The van der Waals surface area contributed by atoms with Gasteiger partial charge in [0, 0.05) is 10.7 Å². The predicted molar refractivity (Wildman–Crippen MR) is 57.0 cm³/mol. The van der Waals surface area contributed by atoms with Gasteiger partial charge in [-0.05, 0) is 42.5 Å². The number of rotatable bonds is 1. The van der Waals surface area contributed by atoms with E-state index in [1.807, 2.05) is 0 Å². The SMILES string of the molecule is O=S(=O)(Cl)C1CCc2cc(F)ccc2C1. The first-order valence-electron chi connectivity index (χ1n) is 4.67. The molecule has 5 heteroatoms. The zero-order chi connectivity index (χ0) is 11.1. The van der Waals surface area contributed by atoms with Crippen LogP contribution in [0.4, 0.5) is 4.39 Å². The fourth-order valence-electron chi connectivity index (χ4n) is 1.93. The summed E-state index contributed by atoms with van der Waals surface area (Å²) in [6.07, 6.45) is 1.44. The number of aryl methyl sites for hydroxylation is 1. The van der Waals surface area contributed by atoms with Gasteiger partial charge < -0.3 is 0 Å². The molecule has 0 saturated heterocycles. The second kappa shape index (κ2) is 3.76. The molecule has 0 heterocycles. The molecule has 2 nitrogen and oxygen atoms in total. The normalized spacial score (nSPS) is 21.1. The number of benzene rings is 1. The fraction of sp³-hybridized carbons (Fsp3) is 0.400. The maximum absolute atomic E-state index is 12.9. The van der Waals surface area contributed by atoms with Gasteiger partial charge in [-0.1, -0.05) is 6.07 Å². The lowest BCUT2D eigenvalue weighted by molar-refractivity contribution is 0.572.